The highest BCUT2D eigenvalue weighted by molar-refractivity contribution is 5.49. The zero-order chi connectivity index (χ0) is 8.15. The zero-order valence-electron chi connectivity index (χ0n) is 5.56. The van der Waals surface area contributed by atoms with Gasteiger partial charge in [-0.2, -0.15) is 0 Å². The number of hydrogen-bond donors (Lipinski definition) is 0. The third-order valence-electron chi connectivity index (χ3n) is 1.25. The molecule has 0 aliphatic rings. The summed E-state index contributed by atoms with van der Waals surface area (Å²) in [5, 5.41) is 0. The van der Waals surface area contributed by atoms with Crippen LogP contribution in [-0.2, 0) is 4.79 Å². The standard InChI is InChI=1S/C6H9F3O/c1-4(2-3-10)5(7)6(8)9/h3-6H,2H2,1H3. The molecule has 0 heterocycles. The van der Waals surface area contributed by atoms with E-state index in [4.69, 9.17) is 0 Å². The number of hydrogen-bond acceptors (Lipinski definition) is 1. The predicted molar refractivity (Wildman–Crippen MR) is 30.7 cm³/mol. The summed E-state index contributed by atoms with van der Waals surface area (Å²) in [6.07, 6.45) is -4.86. The lowest BCUT2D eigenvalue weighted by atomic mass is 10.0. The highest BCUT2D eigenvalue weighted by atomic mass is 19.3. The molecule has 0 aromatic carbocycles. The Morgan fingerprint density at radius 3 is 2.20 bits per heavy atom. The summed E-state index contributed by atoms with van der Waals surface area (Å²) in [5.41, 5.74) is 0. The number of carbonyl (C=O) groups is 1. The fourth-order valence-corrected chi connectivity index (χ4v) is 0.530. The third kappa shape index (κ3) is 2.85. The van der Waals surface area contributed by atoms with Gasteiger partial charge < -0.3 is 4.79 Å². The largest absolute Gasteiger partial charge is 0.303 e. The monoisotopic (exact) mass is 154 g/mol. The van der Waals surface area contributed by atoms with Gasteiger partial charge in [-0.15, -0.1) is 0 Å². The van der Waals surface area contributed by atoms with Crippen molar-refractivity contribution in [3.8, 4) is 0 Å². The minimum atomic E-state index is -2.98. The average molecular weight is 154 g/mol. The topological polar surface area (TPSA) is 17.1 Å². The van der Waals surface area contributed by atoms with Gasteiger partial charge in [0.05, 0.1) is 0 Å². The Kier molecular flexibility index (Phi) is 4.07. The summed E-state index contributed by atoms with van der Waals surface area (Å²) in [6.45, 7) is 1.28. The van der Waals surface area contributed by atoms with Gasteiger partial charge in [0.1, 0.15) is 6.29 Å². The van der Waals surface area contributed by atoms with Crippen LogP contribution in [0.15, 0.2) is 0 Å². The van der Waals surface area contributed by atoms with Gasteiger partial charge in [0.2, 0.25) is 0 Å². The Morgan fingerprint density at radius 2 is 1.90 bits per heavy atom. The van der Waals surface area contributed by atoms with E-state index in [9.17, 15) is 18.0 Å². The summed E-state index contributed by atoms with van der Waals surface area (Å²) in [7, 11) is 0. The molecule has 0 aliphatic carbocycles. The molecular weight excluding hydrogens is 145 g/mol. The Morgan fingerprint density at radius 1 is 1.40 bits per heavy atom. The van der Waals surface area contributed by atoms with Gasteiger partial charge in [-0.05, 0) is 5.92 Å². The predicted octanol–water partition coefficient (Wildman–Crippen LogP) is 1.81. The van der Waals surface area contributed by atoms with Crippen LogP contribution in [0.1, 0.15) is 13.3 Å². The average Bonchev–Trinajstić information content (AvgIpc) is 1.87. The normalized spacial score (nSPS) is 16.9. The maximum atomic E-state index is 12.2. The summed E-state index contributed by atoms with van der Waals surface area (Å²) in [5.74, 6) is -0.877. The molecule has 1 nitrogen and oxygen atoms in total. The minimum absolute atomic E-state index is 0.147. The van der Waals surface area contributed by atoms with E-state index in [0.29, 0.717) is 6.29 Å². The maximum Gasteiger partial charge on any atom is 0.269 e. The molecule has 0 radical (unpaired) electrons. The molecule has 0 rings (SSSR count). The molecule has 0 saturated carbocycles. The van der Waals surface area contributed by atoms with Gasteiger partial charge in [0.25, 0.3) is 6.43 Å². The molecule has 0 aromatic heterocycles. The van der Waals surface area contributed by atoms with E-state index >= 15 is 0 Å². The van der Waals surface area contributed by atoms with Gasteiger partial charge in [-0.25, -0.2) is 13.2 Å². The van der Waals surface area contributed by atoms with Gasteiger partial charge in [-0.1, -0.05) is 6.92 Å². The molecule has 4 heteroatoms. The van der Waals surface area contributed by atoms with E-state index in [1.54, 1.807) is 0 Å². The quantitative estimate of drug-likeness (QED) is 0.564. The van der Waals surface area contributed by atoms with E-state index in [1.165, 1.54) is 6.92 Å². The SMILES string of the molecule is CC(CC=O)C(F)C(F)F. The smallest absolute Gasteiger partial charge is 0.269 e. The van der Waals surface area contributed by atoms with Crippen molar-refractivity contribution in [1.82, 2.24) is 0 Å². The summed E-state index contributed by atoms with van der Waals surface area (Å²) in [6, 6.07) is 0. The van der Waals surface area contributed by atoms with Gasteiger partial charge in [0, 0.05) is 6.42 Å². The summed E-state index contributed by atoms with van der Waals surface area (Å²) >= 11 is 0. The number of rotatable bonds is 4. The van der Waals surface area contributed by atoms with Crippen molar-refractivity contribution in [3.63, 3.8) is 0 Å². The van der Waals surface area contributed by atoms with Crippen molar-refractivity contribution in [2.24, 2.45) is 5.92 Å². The van der Waals surface area contributed by atoms with E-state index < -0.39 is 18.5 Å². The van der Waals surface area contributed by atoms with Crippen molar-refractivity contribution in [2.45, 2.75) is 25.9 Å². The minimum Gasteiger partial charge on any atom is -0.303 e. The molecule has 2 unspecified atom stereocenters. The van der Waals surface area contributed by atoms with Crippen LogP contribution in [0.4, 0.5) is 13.2 Å². The van der Waals surface area contributed by atoms with Crippen LogP contribution >= 0.6 is 0 Å². The van der Waals surface area contributed by atoms with E-state index in [1.807, 2.05) is 0 Å². The molecule has 0 aromatic rings. The molecule has 0 N–H and O–H groups in total. The Balaban J connectivity index is 3.68. The fraction of sp³-hybridized carbons (Fsp3) is 0.833. The van der Waals surface area contributed by atoms with Crippen LogP contribution in [-0.4, -0.2) is 18.9 Å². The third-order valence-corrected chi connectivity index (χ3v) is 1.25. The lowest BCUT2D eigenvalue weighted by Gasteiger charge is -2.11. The van der Waals surface area contributed by atoms with Crippen molar-refractivity contribution >= 4 is 6.29 Å². The number of carbonyl (C=O) groups excluding carboxylic acids is 1. The molecule has 0 bridgehead atoms. The van der Waals surface area contributed by atoms with Crippen LogP contribution < -0.4 is 0 Å². The summed E-state index contributed by atoms with van der Waals surface area (Å²) < 4.78 is 35.2. The first kappa shape index (κ1) is 9.46. The molecule has 0 aliphatic heterocycles. The Bertz CT molecular complexity index is 105. The molecule has 0 spiro atoms. The van der Waals surface area contributed by atoms with E-state index in [-0.39, 0.29) is 6.42 Å². The molecule has 60 valence electrons. The Hall–Kier alpha value is -0.540. The van der Waals surface area contributed by atoms with Gasteiger partial charge in [0.15, 0.2) is 6.17 Å². The van der Waals surface area contributed by atoms with Crippen LogP contribution in [0, 0.1) is 5.92 Å². The van der Waals surface area contributed by atoms with Crippen molar-refractivity contribution < 1.29 is 18.0 Å². The van der Waals surface area contributed by atoms with Crippen LogP contribution in [0.5, 0.6) is 0 Å². The fourth-order valence-electron chi connectivity index (χ4n) is 0.530. The second-order valence-corrected chi connectivity index (χ2v) is 2.16. The molecule has 0 amide bonds. The molecule has 2 atom stereocenters. The van der Waals surface area contributed by atoms with E-state index in [2.05, 4.69) is 0 Å². The number of halogens is 3. The van der Waals surface area contributed by atoms with Gasteiger partial charge in [-0.3, -0.25) is 0 Å². The highest BCUT2D eigenvalue weighted by Gasteiger charge is 2.25. The second-order valence-electron chi connectivity index (χ2n) is 2.16. The molecule has 0 fully saturated rings. The van der Waals surface area contributed by atoms with Crippen LogP contribution in [0.2, 0.25) is 0 Å². The van der Waals surface area contributed by atoms with Crippen molar-refractivity contribution in [3.05, 3.63) is 0 Å². The highest BCUT2D eigenvalue weighted by Crippen LogP contribution is 2.17. The van der Waals surface area contributed by atoms with Crippen LogP contribution in [0.25, 0.3) is 0 Å². The lowest BCUT2D eigenvalue weighted by molar-refractivity contribution is -0.109. The van der Waals surface area contributed by atoms with Crippen LogP contribution in [0.3, 0.4) is 0 Å². The molecule has 0 saturated heterocycles. The Labute approximate surface area is 57.2 Å². The first-order valence-electron chi connectivity index (χ1n) is 2.95. The zero-order valence-corrected chi connectivity index (χ0v) is 5.56. The first-order valence-corrected chi connectivity index (χ1v) is 2.95. The number of alkyl halides is 3. The molecular formula is C6H9F3O. The first-order chi connectivity index (χ1) is 4.59. The summed E-state index contributed by atoms with van der Waals surface area (Å²) in [4.78, 5) is 9.73. The van der Waals surface area contributed by atoms with Crippen molar-refractivity contribution in [2.75, 3.05) is 0 Å². The number of aldehydes is 1. The molecule has 10 heavy (non-hydrogen) atoms. The second kappa shape index (κ2) is 4.30. The lowest BCUT2D eigenvalue weighted by Crippen LogP contribution is -2.21. The van der Waals surface area contributed by atoms with Gasteiger partial charge >= 0.3 is 0 Å². The van der Waals surface area contributed by atoms with Crippen molar-refractivity contribution in [1.29, 1.82) is 0 Å². The maximum absolute atomic E-state index is 12.2. The van der Waals surface area contributed by atoms with E-state index in [0.717, 1.165) is 0 Å².